The van der Waals surface area contributed by atoms with Gasteiger partial charge in [-0.25, -0.2) is 4.39 Å². The molecule has 1 aromatic heterocycles. The molecule has 3 aromatic rings. The van der Waals surface area contributed by atoms with Gasteiger partial charge in [-0.15, -0.1) is 0 Å². The molecule has 2 amide bonds. The number of amides is 2. The van der Waals surface area contributed by atoms with E-state index >= 15 is 0 Å². The Morgan fingerprint density at radius 1 is 1.04 bits per heavy atom. The van der Waals surface area contributed by atoms with E-state index in [2.05, 4.69) is 10.3 Å². The summed E-state index contributed by atoms with van der Waals surface area (Å²) in [5.41, 5.74) is 1.69. The Bertz CT molecular complexity index is 943. The summed E-state index contributed by atoms with van der Waals surface area (Å²) >= 11 is 0. The van der Waals surface area contributed by atoms with Gasteiger partial charge in [-0.05, 0) is 55.5 Å². The van der Waals surface area contributed by atoms with Crippen LogP contribution in [0.2, 0.25) is 0 Å². The third-order valence-electron chi connectivity index (χ3n) is 3.97. The molecular weight excluding hydrogens is 345 g/mol. The Morgan fingerprint density at radius 2 is 1.74 bits per heavy atom. The van der Waals surface area contributed by atoms with Crippen molar-refractivity contribution in [3.8, 4) is 0 Å². The van der Waals surface area contributed by atoms with Crippen molar-refractivity contribution in [3.63, 3.8) is 0 Å². The number of aromatic nitrogens is 1. The maximum atomic E-state index is 13.0. The summed E-state index contributed by atoms with van der Waals surface area (Å²) in [7, 11) is 0. The minimum atomic E-state index is -0.402. The number of pyridine rings is 1. The van der Waals surface area contributed by atoms with E-state index in [0.29, 0.717) is 17.8 Å². The molecule has 2 aromatic carbocycles. The highest BCUT2D eigenvalue weighted by molar-refractivity contribution is 6.08. The second-order valence-electron chi connectivity index (χ2n) is 5.78. The van der Waals surface area contributed by atoms with E-state index in [4.69, 9.17) is 0 Å². The lowest BCUT2D eigenvalue weighted by molar-refractivity contribution is 0.0983. The third-order valence-corrected chi connectivity index (χ3v) is 3.97. The summed E-state index contributed by atoms with van der Waals surface area (Å²) < 4.78 is 13.0. The summed E-state index contributed by atoms with van der Waals surface area (Å²) in [5, 5.41) is 2.67. The summed E-state index contributed by atoms with van der Waals surface area (Å²) in [4.78, 5) is 31.0. The molecule has 0 aliphatic carbocycles. The molecule has 27 heavy (non-hydrogen) atoms. The van der Waals surface area contributed by atoms with Crippen molar-refractivity contribution in [2.24, 2.45) is 0 Å². The van der Waals surface area contributed by atoms with Crippen LogP contribution in [0.15, 0.2) is 72.9 Å². The van der Waals surface area contributed by atoms with Gasteiger partial charge in [0, 0.05) is 29.7 Å². The average molecular weight is 363 g/mol. The quantitative estimate of drug-likeness (QED) is 0.741. The van der Waals surface area contributed by atoms with Crippen LogP contribution in [0, 0.1) is 5.82 Å². The minimum Gasteiger partial charge on any atom is -0.322 e. The van der Waals surface area contributed by atoms with Crippen LogP contribution in [0.1, 0.15) is 27.8 Å². The van der Waals surface area contributed by atoms with E-state index in [-0.39, 0.29) is 17.4 Å². The highest BCUT2D eigenvalue weighted by Crippen LogP contribution is 2.17. The highest BCUT2D eigenvalue weighted by atomic mass is 19.1. The van der Waals surface area contributed by atoms with E-state index in [1.54, 1.807) is 4.90 Å². The molecule has 0 aliphatic rings. The minimum absolute atomic E-state index is 0.174. The van der Waals surface area contributed by atoms with Crippen molar-refractivity contribution in [1.29, 1.82) is 0 Å². The predicted molar refractivity (Wildman–Crippen MR) is 102 cm³/mol. The van der Waals surface area contributed by atoms with Crippen molar-refractivity contribution < 1.29 is 14.0 Å². The smallest absolute Gasteiger partial charge is 0.276 e. The van der Waals surface area contributed by atoms with Gasteiger partial charge in [0.2, 0.25) is 0 Å². The van der Waals surface area contributed by atoms with Gasteiger partial charge in [-0.3, -0.25) is 14.6 Å². The maximum Gasteiger partial charge on any atom is 0.276 e. The van der Waals surface area contributed by atoms with Crippen molar-refractivity contribution in [1.82, 2.24) is 4.98 Å². The lowest BCUT2D eigenvalue weighted by atomic mass is 10.2. The zero-order valence-electron chi connectivity index (χ0n) is 14.7. The van der Waals surface area contributed by atoms with Gasteiger partial charge >= 0.3 is 0 Å². The number of nitrogens with one attached hydrogen (secondary N) is 1. The fourth-order valence-corrected chi connectivity index (χ4v) is 2.61. The Hall–Kier alpha value is -3.54. The molecule has 1 N–H and O–H groups in total. The molecule has 6 heteroatoms. The number of benzene rings is 2. The standard InChI is InChI=1S/C21H18FN3O2/c1-2-25(18-6-4-3-5-7-18)21(27)19-14-15(12-13-23-19)20(26)24-17-10-8-16(22)9-11-17/h3-14H,2H2,1H3,(H,24,26). The normalized spacial score (nSPS) is 10.3. The summed E-state index contributed by atoms with van der Waals surface area (Å²) in [5.74, 6) is -1.08. The van der Waals surface area contributed by atoms with Crippen LogP contribution < -0.4 is 10.2 Å². The van der Waals surface area contributed by atoms with Crippen LogP contribution in [-0.4, -0.2) is 23.3 Å². The molecule has 0 radical (unpaired) electrons. The largest absolute Gasteiger partial charge is 0.322 e. The molecule has 1 heterocycles. The Labute approximate surface area is 156 Å². The first-order valence-electron chi connectivity index (χ1n) is 8.48. The van der Waals surface area contributed by atoms with E-state index in [0.717, 1.165) is 5.69 Å². The van der Waals surface area contributed by atoms with Crippen molar-refractivity contribution >= 4 is 23.2 Å². The molecule has 0 aliphatic heterocycles. The zero-order valence-corrected chi connectivity index (χ0v) is 14.7. The third kappa shape index (κ3) is 4.36. The number of halogens is 1. The van der Waals surface area contributed by atoms with Crippen LogP contribution in [-0.2, 0) is 0 Å². The topological polar surface area (TPSA) is 62.3 Å². The first-order chi connectivity index (χ1) is 13.1. The average Bonchev–Trinajstić information content (AvgIpc) is 2.71. The van der Waals surface area contributed by atoms with Gasteiger partial charge in [-0.2, -0.15) is 0 Å². The Morgan fingerprint density at radius 3 is 2.41 bits per heavy atom. The van der Waals surface area contributed by atoms with Gasteiger partial charge in [0.1, 0.15) is 11.5 Å². The molecule has 5 nitrogen and oxygen atoms in total. The monoisotopic (exact) mass is 363 g/mol. The number of hydrogen-bond acceptors (Lipinski definition) is 3. The number of nitrogens with zero attached hydrogens (tertiary/aromatic N) is 2. The van der Waals surface area contributed by atoms with Crippen LogP contribution in [0.25, 0.3) is 0 Å². The molecule has 3 rings (SSSR count). The van der Waals surface area contributed by atoms with Crippen molar-refractivity contribution in [3.05, 3.63) is 90.0 Å². The molecule has 0 atom stereocenters. The van der Waals surface area contributed by atoms with Gasteiger partial charge in [0.15, 0.2) is 0 Å². The first kappa shape index (κ1) is 18.3. The molecular formula is C21H18FN3O2. The van der Waals surface area contributed by atoms with Crippen molar-refractivity contribution in [2.45, 2.75) is 6.92 Å². The molecule has 0 spiro atoms. The first-order valence-corrected chi connectivity index (χ1v) is 8.48. The second kappa shape index (κ2) is 8.23. The maximum absolute atomic E-state index is 13.0. The number of carbonyl (C=O) groups excluding carboxylic acids is 2. The molecule has 0 saturated carbocycles. The summed E-state index contributed by atoms with van der Waals surface area (Å²) in [6.07, 6.45) is 1.42. The van der Waals surface area contributed by atoms with Crippen LogP contribution in [0.5, 0.6) is 0 Å². The molecule has 0 fully saturated rings. The van der Waals surface area contributed by atoms with E-state index < -0.39 is 5.91 Å². The van der Waals surface area contributed by atoms with Gasteiger partial charge in [0.25, 0.3) is 11.8 Å². The van der Waals surface area contributed by atoms with E-state index in [1.165, 1.54) is 42.6 Å². The molecule has 0 unspecified atom stereocenters. The zero-order chi connectivity index (χ0) is 19.2. The van der Waals surface area contributed by atoms with Crippen LogP contribution >= 0.6 is 0 Å². The number of hydrogen-bond donors (Lipinski definition) is 1. The van der Waals surface area contributed by atoms with Gasteiger partial charge in [0.05, 0.1) is 0 Å². The number of carbonyl (C=O) groups is 2. The lowest BCUT2D eigenvalue weighted by Crippen LogP contribution is -2.31. The lowest BCUT2D eigenvalue weighted by Gasteiger charge is -2.20. The number of anilines is 2. The fraction of sp³-hybridized carbons (Fsp3) is 0.0952. The van der Waals surface area contributed by atoms with Crippen molar-refractivity contribution in [2.75, 3.05) is 16.8 Å². The van der Waals surface area contributed by atoms with E-state index in [1.807, 2.05) is 37.3 Å². The predicted octanol–water partition coefficient (Wildman–Crippen LogP) is 4.14. The van der Waals surface area contributed by atoms with Crippen LogP contribution in [0.3, 0.4) is 0 Å². The highest BCUT2D eigenvalue weighted by Gasteiger charge is 2.18. The molecule has 0 saturated heterocycles. The Kier molecular flexibility index (Phi) is 5.56. The summed E-state index contributed by atoms with van der Waals surface area (Å²) in [6, 6.07) is 17.7. The summed E-state index contributed by atoms with van der Waals surface area (Å²) in [6.45, 7) is 2.34. The second-order valence-corrected chi connectivity index (χ2v) is 5.78. The molecule has 136 valence electrons. The van der Waals surface area contributed by atoms with E-state index in [9.17, 15) is 14.0 Å². The Balaban J connectivity index is 1.81. The SMILES string of the molecule is CCN(C(=O)c1cc(C(=O)Nc2ccc(F)cc2)ccn1)c1ccccc1. The van der Waals surface area contributed by atoms with Crippen LogP contribution in [0.4, 0.5) is 15.8 Å². The number of rotatable bonds is 5. The van der Waals surface area contributed by atoms with Gasteiger partial charge in [-0.1, -0.05) is 18.2 Å². The number of para-hydroxylation sites is 1. The molecule has 0 bridgehead atoms. The van der Waals surface area contributed by atoms with Gasteiger partial charge < -0.3 is 10.2 Å². The fourth-order valence-electron chi connectivity index (χ4n) is 2.61.